The van der Waals surface area contributed by atoms with Crippen LogP contribution in [0.4, 0.5) is 23.2 Å². The first-order chi connectivity index (χ1) is 22.9. The third kappa shape index (κ3) is 8.95. The normalized spacial score (nSPS) is 18.1. The minimum Gasteiger partial charge on any atom is -0.339 e. The Morgan fingerprint density at radius 3 is 2.08 bits per heavy atom. The second kappa shape index (κ2) is 17.3. The maximum atomic E-state index is 15.6. The predicted octanol–water partition coefficient (Wildman–Crippen LogP) is 6.57. The van der Waals surface area contributed by atoms with Gasteiger partial charge >= 0.3 is 0 Å². The Balaban J connectivity index is 1.63. The Morgan fingerprint density at radius 2 is 1.56 bits per heavy atom. The second-order valence-corrected chi connectivity index (χ2v) is 13.6. The summed E-state index contributed by atoms with van der Waals surface area (Å²) in [5.74, 6) is -3.66. The monoisotopic (exact) mass is 678 g/mol. The molecule has 3 unspecified atom stereocenters. The molecule has 0 spiro atoms. The standard InChI is InChI=1S/C35H50F4N6O3/c1-21(2)45-28(16-18-41-45)33(46)43-30(29(23-10-6-4-7-11-23)24-12-8-5-9-13-24)34(47)42-27-15-14-25(20-26(27)36)22(3)35(48)44(19-17-40)32(39)31(37)38/h14-16,18,20-24,29-32H,4-13,17,19,40H2,1-3H3,(H,42,47)(H,43,46). The first-order valence-electron chi connectivity index (χ1n) is 17.3. The molecule has 4 rings (SSSR count). The Hall–Kier alpha value is -3.48. The van der Waals surface area contributed by atoms with Crippen molar-refractivity contribution >= 4 is 23.4 Å². The number of alkyl halides is 3. The smallest absolute Gasteiger partial charge is 0.287 e. The number of nitrogens with two attached hydrogens (primary N) is 1. The number of anilines is 1. The quantitative estimate of drug-likeness (QED) is 0.154. The highest BCUT2D eigenvalue weighted by molar-refractivity contribution is 6.01. The molecule has 2 aliphatic carbocycles. The fraction of sp³-hybridized carbons (Fsp3) is 0.657. The van der Waals surface area contributed by atoms with E-state index in [4.69, 9.17) is 5.73 Å². The molecule has 1 aromatic carbocycles. The molecular formula is C35H50F4N6O3. The number of nitrogens with zero attached hydrogens (tertiary/aromatic N) is 3. The van der Waals surface area contributed by atoms with Crippen molar-refractivity contribution < 1.29 is 31.9 Å². The van der Waals surface area contributed by atoms with Crippen LogP contribution in [-0.4, -0.2) is 64.3 Å². The van der Waals surface area contributed by atoms with E-state index < -0.39 is 54.8 Å². The maximum absolute atomic E-state index is 15.6. The van der Waals surface area contributed by atoms with Crippen LogP contribution in [-0.2, 0) is 9.59 Å². The topological polar surface area (TPSA) is 122 Å². The molecule has 9 nitrogen and oxygen atoms in total. The van der Waals surface area contributed by atoms with E-state index in [0.29, 0.717) is 10.6 Å². The molecule has 48 heavy (non-hydrogen) atoms. The minimum absolute atomic E-state index is 0.0871. The van der Waals surface area contributed by atoms with Crippen molar-refractivity contribution in [3.05, 3.63) is 47.5 Å². The predicted molar refractivity (Wildman–Crippen MR) is 176 cm³/mol. The van der Waals surface area contributed by atoms with Crippen LogP contribution in [0.3, 0.4) is 0 Å². The Bertz CT molecular complexity index is 1360. The molecule has 2 fully saturated rings. The van der Waals surface area contributed by atoms with Crippen molar-refractivity contribution in [3.8, 4) is 0 Å². The molecule has 0 radical (unpaired) electrons. The highest BCUT2D eigenvalue weighted by Gasteiger charge is 2.42. The lowest BCUT2D eigenvalue weighted by Crippen LogP contribution is -2.53. The van der Waals surface area contributed by atoms with E-state index in [1.807, 2.05) is 13.8 Å². The third-order valence-corrected chi connectivity index (χ3v) is 10.0. The van der Waals surface area contributed by atoms with Gasteiger partial charge in [-0.25, -0.2) is 17.6 Å². The lowest BCUT2D eigenvalue weighted by Gasteiger charge is -2.42. The van der Waals surface area contributed by atoms with E-state index in [9.17, 15) is 27.6 Å². The fourth-order valence-corrected chi connectivity index (χ4v) is 7.56. The summed E-state index contributed by atoms with van der Waals surface area (Å²) in [6.07, 6.45) is 5.52. The van der Waals surface area contributed by atoms with Gasteiger partial charge in [0.15, 0.2) is 0 Å². The average Bonchev–Trinajstić information content (AvgIpc) is 3.59. The van der Waals surface area contributed by atoms with Crippen molar-refractivity contribution in [3.63, 3.8) is 0 Å². The van der Waals surface area contributed by atoms with Crippen LogP contribution >= 0.6 is 0 Å². The first kappa shape index (κ1) is 37.3. The van der Waals surface area contributed by atoms with Crippen LogP contribution in [0.5, 0.6) is 0 Å². The third-order valence-electron chi connectivity index (χ3n) is 10.0. The van der Waals surface area contributed by atoms with Crippen LogP contribution in [0.1, 0.15) is 113 Å². The summed E-state index contributed by atoms with van der Waals surface area (Å²) in [5, 5.41) is 10.0. The van der Waals surface area contributed by atoms with Gasteiger partial charge < -0.3 is 21.3 Å². The molecule has 3 atom stereocenters. The number of nitrogens with one attached hydrogen (secondary N) is 2. The molecule has 3 amide bonds. The SMILES string of the molecule is CC(C(=O)N(CCN)C(F)C(F)F)c1ccc(NC(=O)C(NC(=O)c2ccnn2C(C)C)C(C2CCCCC2)C2CCCCC2)c(F)c1. The lowest BCUT2D eigenvalue weighted by atomic mass is 9.66. The molecule has 2 aromatic rings. The van der Waals surface area contributed by atoms with Crippen LogP contribution in [0.2, 0.25) is 0 Å². The van der Waals surface area contributed by atoms with Crippen molar-refractivity contribution in [1.82, 2.24) is 20.0 Å². The molecular weight excluding hydrogens is 628 g/mol. The number of rotatable bonds is 14. The summed E-state index contributed by atoms with van der Waals surface area (Å²) in [6, 6.07) is 4.30. The highest BCUT2D eigenvalue weighted by atomic mass is 19.3. The highest BCUT2D eigenvalue weighted by Crippen LogP contribution is 2.42. The van der Waals surface area contributed by atoms with Crippen LogP contribution in [0.15, 0.2) is 30.5 Å². The summed E-state index contributed by atoms with van der Waals surface area (Å²) in [6.45, 7) is 4.52. The molecule has 0 aliphatic heterocycles. The van der Waals surface area contributed by atoms with Gasteiger partial charge in [0.25, 0.3) is 12.3 Å². The number of amides is 3. The zero-order chi connectivity index (χ0) is 35.0. The molecule has 0 saturated heterocycles. The van der Waals surface area contributed by atoms with Crippen molar-refractivity contribution in [2.45, 2.75) is 116 Å². The van der Waals surface area contributed by atoms with Gasteiger partial charge in [-0.1, -0.05) is 70.3 Å². The van der Waals surface area contributed by atoms with E-state index in [1.165, 1.54) is 19.1 Å². The zero-order valence-corrected chi connectivity index (χ0v) is 28.1. The number of benzene rings is 1. The van der Waals surface area contributed by atoms with Crippen LogP contribution in [0, 0.1) is 23.6 Å². The number of halogens is 4. The van der Waals surface area contributed by atoms with Crippen LogP contribution < -0.4 is 16.4 Å². The molecule has 266 valence electrons. The first-order valence-corrected chi connectivity index (χ1v) is 17.3. The molecule has 2 saturated carbocycles. The minimum atomic E-state index is -3.42. The summed E-state index contributed by atoms with van der Waals surface area (Å²) in [5.41, 5.74) is 5.71. The number of carbonyl (C=O) groups is 3. The van der Waals surface area contributed by atoms with Gasteiger partial charge in [0.05, 0.1) is 11.6 Å². The molecule has 2 aliphatic rings. The van der Waals surface area contributed by atoms with E-state index in [2.05, 4.69) is 15.7 Å². The van der Waals surface area contributed by atoms with Crippen molar-refractivity contribution in [1.29, 1.82) is 0 Å². The molecule has 13 heteroatoms. The lowest BCUT2D eigenvalue weighted by molar-refractivity contribution is -0.145. The molecule has 4 N–H and O–H groups in total. The van der Waals surface area contributed by atoms with E-state index in [0.717, 1.165) is 70.3 Å². The Morgan fingerprint density at radius 1 is 0.958 bits per heavy atom. The number of aromatic nitrogens is 2. The Kier molecular flexibility index (Phi) is 13.4. The van der Waals surface area contributed by atoms with Crippen LogP contribution in [0.25, 0.3) is 0 Å². The largest absolute Gasteiger partial charge is 0.339 e. The summed E-state index contributed by atoms with van der Waals surface area (Å²) in [7, 11) is 0. The average molecular weight is 679 g/mol. The molecule has 1 heterocycles. The van der Waals surface area contributed by atoms with E-state index in [1.54, 1.807) is 16.9 Å². The van der Waals surface area contributed by atoms with Crippen molar-refractivity contribution in [2.24, 2.45) is 23.5 Å². The van der Waals surface area contributed by atoms with Gasteiger partial charge in [-0.15, -0.1) is 0 Å². The Labute approximate surface area is 280 Å². The molecule has 1 aromatic heterocycles. The molecule has 0 bridgehead atoms. The number of hydrogen-bond acceptors (Lipinski definition) is 5. The maximum Gasteiger partial charge on any atom is 0.287 e. The summed E-state index contributed by atoms with van der Waals surface area (Å²) >= 11 is 0. The van der Waals surface area contributed by atoms with Gasteiger partial charge in [0.1, 0.15) is 17.6 Å². The van der Waals surface area contributed by atoms with Crippen molar-refractivity contribution in [2.75, 3.05) is 18.4 Å². The zero-order valence-electron chi connectivity index (χ0n) is 28.1. The van der Waals surface area contributed by atoms with Gasteiger partial charge in [0.2, 0.25) is 18.1 Å². The van der Waals surface area contributed by atoms with E-state index >= 15 is 4.39 Å². The summed E-state index contributed by atoms with van der Waals surface area (Å²) < 4.78 is 57.6. The van der Waals surface area contributed by atoms with Gasteiger partial charge in [0, 0.05) is 25.3 Å². The number of hydrogen-bond donors (Lipinski definition) is 3. The van der Waals surface area contributed by atoms with Gasteiger partial charge in [-0.2, -0.15) is 5.10 Å². The summed E-state index contributed by atoms with van der Waals surface area (Å²) in [4.78, 5) is 41.3. The number of carbonyl (C=O) groups excluding carboxylic acids is 3. The van der Waals surface area contributed by atoms with Gasteiger partial charge in [-0.3, -0.25) is 19.1 Å². The second-order valence-electron chi connectivity index (χ2n) is 13.6. The van der Waals surface area contributed by atoms with Gasteiger partial charge in [-0.05, 0) is 62.3 Å². The van der Waals surface area contributed by atoms with E-state index in [-0.39, 0.29) is 41.6 Å². The fourth-order valence-electron chi connectivity index (χ4n) is 7.56.